The second kappa shape index (κ2) is 5.30. The molecule has 0 amide bonds. The number of rotatable bonds is 4. The van der Waals surface area contributed by atoms with Crippen molar-refractivity contribution < 1.29 is 0 Å². The van der Waals surface area contributed by atoms with Crippen LogP contribution in [0.5, 0.6) is 0 Å². The zero-order valence-electron chi connectivity index (χ0n) is 7.15. The van der Waals surface area contributed by atoms with E-state index in [0.717, 1.165) is 0 Å². The molecule has 0 saturated carbocycles. The van der Waals surface area contributed by atoms with Gasteiger partial charge in [-0.3, -0.25) is 0 Å². The van der Waals surface area contributed by atoms with Gasteiger partial charge in [-0.25, -0.2) is 0 Å². The van der Waals surface area contributed by atoms with Gasteiger partial charge in [0.1, 0.15) is 0 Å². The molecule has 0 aliphatic heterocycles. The maximum atomic E-state index is 2.46. The third-order valence-corrected chi connectivity index (χ3v) is 4.67. The van der Waals surface area contributed by atoms with E-state index in [1.165, 1.54) is 13.0 Å². The van der Waals surface area contributed by atoms with Gasteiger partial charge >= 0.3 is 63.1 Å². The summed E-state index contributed by atoms with van der Waals surface area (Å²) >= 11 is -0.649. The summed E-state index contributed by atoms with van der Waals surface area (Å²) < 4.78 is 0. The first-order valence-corrected chi connectivity index (χ1v) is 10.3. The van der Waals surface area contributed by atoms with Crippen LogP contribution in [0, 0.1) is 0 Å². The molecule has 0 aromatic carbocycles. The topological polar surface area (TPSA) is 3.24 Å². The minimum absolute atomic E-state index is 0.649. The Bertz CT molecular complexity index is 53.9. The van der Waals surface area contributed by atoms with E-state index in [1.807, 2.05) is 0 Å². The van der Waals surface area contributed by atoms with E-state index in [9.17, 15) is 0 Å². The molecular weight excluding hydrogens is 171 g/mol. The van der Waals surface area contributed by atoms with Crippen molar-refractivity contribution in [3.63, 3.8) is 0 Å². The summed E-state index contributed by atoms with van der Waals surface area (Å²) in [4.78, 5) is 2.27. The second-order valence-electron chi connectivity index (χ2n) is 3.34. The monoisotopic (exact) mass is 191 g/mol. The molecule has 0 radical (unpaired) electrons. The van der Waals surface area contributed by atoms with Gasteiger partial charge in [-0.1, -0.05) is 0 Å². The average Bonchev–Trinajstić information content (AvgIpc) is 1.63. The van der Waals surface area contributed by atoms with Gasteiger partial charge in [-0.15, -0.1) is 0 Å². The molecule has 0 atom stereocenters. The Hall–Kier alpha value is 0.503. The first-order valence-electron chi connectivity index (χ1n) is 3.77. The van der Waals surface area contributed by atoms with Gasteiger partial charge in [0, 0.05) is 0 Å². The molecule has 0 fully saturated rings. The summed E-state index contributed by atoms with van der Waals surface area (Å²) in [7, 11) is 4.29. The van der Waals surface area contributed by atoms with Crippen LogP contribution in [0.4, 0.5) is 0 Å². The molecule has 0 aromatic heterocycles. The molecule has 1 nitrogen and oxygen atoms in total. The summed E-state index contributed by atoms with van der Waals surface area (Å²) in [5.74, 6) is 4.92. The summed E-state index contributed by atoms with van der Waals surface area (Å²) in [5, 5.41) is 1.55. The number of nitrogens with zero attached hydrogens (tertiary/aromatic N) is 1. The van der Waals surface area contributed by atoms with Gasteiger partial charge in [0.05, 0.1) is 0 Å². The Morgan fingerprint density at radius 1 is 1.22 bits per heavy atom. The standard InChI is InChI=1S/C7H19GeN/c1-8(2)6-5-7-9(3)4/h8H,5-7H2,1-4H3. The summed E-state index contributed by atoms with van der Waals surface area (Å²) in [6.07, 6.45) is 1.42. The van der Waals surface area contributed by atoms with Crippen molar-refractivity contribution >= 4 is 14.3 Å². The van der Waals surface area contributed by atoms with E-state index >= 15 is 0 Å². The molecule has 0 heterocycles. The molecule has 0 unspecified atom stereocenters. The number of hydrogen-bond donors (Lipinski definition) is 0. The van der Waals surface area contributed by atoms with Crippen LogP contribution in [-0.2, 0) is 0 Å². The van der Waals surface area contributed by atoms with Crippen molar-refractivity contribution in [3.05, 3.63) is 0 Å². The fourth-order valence-electron chi connectivity index (χ4n) is 0.816. The van der Waals surface area contributed by atoms with Crippen LogP contribution in [0.1, 0.15) is 6.42 Å². The molecule has 56 valence electrons. The van der Waals surface area contributed by atoms with Crippen LogP contribution in [-0.4, -0.2) is 39.9 Å². The van der Waals surface area contributed by atoms with Crippen LogP contribution >= 0.6 is 0 Å². The first kappa shape index (κ1) is 9.50. The zero-order chi connectivity index (χ0) is 7.28. The minimum atomic E-state index is -0.649. The van der Waals surface area contributed by atoms with Crippen molar-refractivity contribution in [2.75, 3.05) is 20.6 Å². The average molecular weight is 190 g/mol. The van der Waals surface area contributed by atoms with E-state index < -0.39 is 14.3 Å². The molecular formula is C7H19GeN. The Morgan fingerprint density at radius 2 is 1.78 bits per heavy atom. The Labute approximate surface area is 63.5 Å². The van der Waals surface area contributed by atoms with Crippen molar-refractivity contribution in [1.82, 2.24) is 4.90 Å². The van der Waals surface area contributed by atoms with Gasteiger partial charge in [0.25, 0.3) is 0 Å². The van der Waals surface area contributed by atoms with Gasteiger partial charge < -0.3 is 0 Å². The van der Waals surface area contributed by atoms with Crippen molar-refractivity contribution in [2.24, 2.45) is 0 Å². The van der Waals surface area contributed by atoms with Crippen molar-refractivity contribution in [3.8, 4) is 0 Å². The van der Waals surface area contributed by atoms with Gasteiger partial charge in [0.15, 0.2) is 0 Å². The van der Waals surface area contributed by atoms with E-state index in [1.54, 1.807) is 5.25 Å². The molecule has 0 aromatic rings. The quantitative estimate of drug-likeness (QED) is 0.605. The molecule has 2 heteroatoms. The van der Waals surface area contributed by atoms with Crippen molar-refractivity contribution in [1.29, 1.82) is 0 Å². The zero-order valence-corrected chi connectivity index (χ0v) is 9.57. The van der Waals surface area contributed by atoms with Crippen LogP contribution in [0.25, 0.3) is 0 Å². The summed E-state index contributed by atoms with van der Waals surface area (Å²) in [6, 6.07) is 0. The Balaban J connectivity index is 2.91. The molecule has 0 saturated heterocycles. The maximum absolute atomic E-state index is 2.46. The predicted octanol–water partition coefficient (Wildman–Crippen LogP) is 1.42. The fraction of sp³-hybridized carbons (Fsp3) is 1.00. The molecule has 0 spiro atoms. The molecule has 0 N–H and O–H groups in total. The summed E-state index contributed by atoms with van der Waals surface area (Å²) in [6.45, 7) is 1.28. The predicted molar refractivity (Wildman–Crippen MR) is 46.9 cm³/mol. The van der Waals surface area contributed by atoms with Crippen LogP contribution < -0.4 is 0 Å². The van der Waals surface area contributed by atoms with Crippen molar-refractivity contribution in [2.45, 2.75) is 23.2 Å². The Morgan fingerprint density at radius 3 is 2.11 bits per heavy atom. The third-order valence-electron chi connectivity index (χ3n) is 1.39. The van der Waals surface area contributed by atoms with E-state index in [-0.39, 0.29) is 0 Å². The van der Waals surface area contributed by atoms with E-state index in [0.29, 0.717) is 0 Å². The normalized spacial score (nSPS) is 11.3. The van der Waals surface area contributed by atoms with Gasteiger partial charge in [-0.2, -0.15) is 0 Å². The van der Waals surface area contributed by atoms with Crippen LogP contribution in [0.15, 0.2) is 0 Å². The molecule has 0 aliphatic carbocycles. The van der Waals surface area contributed by atoms with Crippen LogP contribution in [0.2, 0.25) is 16.8 Å². The molecule has 9 heavy (non-hydrogen) atoms. The van der Waals surface area contributed by atoms with Gasteiger partial charge in [-0.05, 0) is 0 Å². The second-order valence-corrected chi connectivity index (χ2v) is 10.4. The van der Waals surface area contributed by atoms with E-state index in [4.69, 9.17) is 0 Å². The SMILES string of the molecule is CN(C)CC[CH2][GeH]([CH3])[CH3]. The summed E-state index contributed by atoms with van der Waals surface area (Å²) in [5.41, 5.74) is 0. The van der Waals surface area contributed by atoms with Gasteiger partial charge in [0.2, 0.25) is 0 Å². The van der Waals surface area contributed by atoms with E-state index in [2.05, 4.69) is 30.5 Å². The molecule has 0 bridgehead atoms. The molecule has 0 rings (SSSR count). The Kier molecular flexibility index (Phi) is 5.60. The first-order chi connectivity index (χ1) is 4.13. The third kappa shape index (κ3) is 8.50. The van der Waals surface area contributed by atoms with Crippen LogP contribution in [0.3, 0.4) is 0 Å². The number of hydrogen-bond acceptors (Lipinski definition) is 1. The molecule has 0 aliphatic rings. The fourth-order valence-corrected chi connectivity index (χ4v) is 2.91.